The molecular weight excluding hydrogens is 336 g/mol. The second-order valence-corrected chi connectivity index (χ2v) is 4.61. The van der Waals surface area contributed by atoms with Crippen LogP contribution in [0.5, 0.6) is 11.5 Å². The summed E-state index contributed by atoms with van der Waals surface area (Å²) >= 11 is 3.16. The molecule has 0 atom stereocenters. The molecule has 0 aliphatic heterocycles. The maximum Gasteiger partial charge on any atom is 0.198 e. The van der Waals surface area contributed by atoms with E-state index in [4.69, 9.17) is 15.7 Å². The number of halogens is 3. The van der Waals surface area contributed by atoms with E-state index >= 15 is 0 Å². The van der Waals surface area contributed by atoms with Gasteiger partial charge in [0.25, 0.3) is 0 Å². The van der Waals surface area contributed by atoms with Crippen molar-refractivity contribution >= 4 is 21.8 Å². The maximum absolute atomic E-state index is 13.8. The molecule has 0 aliphatic rings. The topological polar surface area (TPSA) is 80.7 Å². The molecule has 104 valence electrons. The number of pyridine rings is 1. The minimum absolute atomic E-state index is 0.0952. The zero-order chi connectivity index (χ0) is 14.7. The first-order valence-electron chi connectivity index (χ1n) is 5.26. The third kappa shape index (κ3) is 3.02. The van der Waals surface area contributed by atoms with Crippen LogP contribution >= 0.6 is 15.9 Å². The molecule has 0 unspecified atom stereocenters. The van der Waals surface area contributed by atoms with E-state index in [1.807, 2.05) is 0 Å². The number of nitrogens with zero attached hydrogens (tertiary/aromatic N) is 2. The Morgan fingerprint density at radius 2 is 1.90 bits per heavy atom. The molecule has 0 bridgehead atoms. The highest BCUT2D eigenvalue weighted by Crippen LogP contribution is 2.29. The van der Waals surface area contributed by atoms with Crippen LogP contribution in [-0.2, 0) is 0 Å². The van der Waals surface area contributed by atoms with Crippen molar-refractivity contribution in [2.45, 2.75) is 0 Å². The summed E-state index contributed by atoms with van der Waals surface area (Å²) in [6.07, 6.45) is 2.81. The number of oxime groups is 1. The average molecular weight is 344 g/mol. The van der Waals surface area contributed by atoms with Crippen molar-refractivity contribution in [2.24, 2.45) is 10.9 Å². The highest BCUT2D eigenvalue weighted by Gasteiger charge is 2.15. The summed E-state index contributed by atoms with van der Waals surface area (Å²) in [5, 5.41) is 11.1. The molecule has 0 aliphatic carbocycles. The first-order chi connectivity index (χ1) is 9.51. The molecule has 1 aromatic heterocycles. The van der Waals surface area contributed by atoms with Crippen molar-refractivity contribution in [3.05, 3.63) is 52.3 Å². The first kappa shape index (κ1) is 14.2. The summed E-state index contributed by atoms with van der Waals surface area (Å²) in [6, 6.07) is 3.31. The van der Waals surface area contributed by atoms with Gasteiger partial charge in [-0.15, -0.1) is 0 Å². The quantitative estimate of drug-likeness (QED) is 0.388. The van der Waals surface area contributed by atoms with E-state index in [1.165, 1.54) is 18.5 Å². The van der Waals surface area contributed by atoms with Crippen LogP contribution in [0.15, 0.2) is 40.2 Å². The van der Waals surface area contributed by atoms with Crippen LogP contribution in [0.3, 0.4) is 0 Å². The Kier molecular flexibility index (Phi) is 4.14. The predicted octanol–water partition coefficient (Wildman–Crippen LogP) is 3.01. The van der Waals surface area contributed by atoms with Gasteiger partial charge >= 0.3 is 0 Å². The molecule has 1 aromatic carbocycles. The minimum atomic E-state index is -0.980. The van der Waals surface area contributed by atoms with E-state index < -0.39 is 23.2 Å². The normalized spacial score (nSPS) is 11.4. The molecule has 2 rings (SSSR count). The smallest absolute Gasteiger partial charge is 0.198 e. The van der Waals surface area contributed by atoms with Gasteiger partial charge in [-0.25, -0.2) is 8.78 Å². The Balaban J connectivity index is 2.38. The van der Waals surface area contributed by atoms with E-state index in [0.717, 1.165) is 12.1 Å². The lowest BCUT2D eigenvalue weighted by Crippen LogP contribution is -2.14. The number of aromatic nitrogens is 1. The fourth-order valence-electron chi connectivity index (χ4n) is 1.43. The number of nitrogens with two attached hydrogens (primary N) is 1. The lowest BCUT2D eigenvalue weighted by atomic mass is 10.2. The molecule has 0 saturated heterocycles. The van der Waals surface area contributed by atoms with Gasteiger partial charge in [-0.1, -0.05) is 5.16 Å². The van der Waals surface area contributed by atoms with Gasteiger partial charge in [-0.2, -0.15) is 0 Å². The standard InChI is InChI=1S/C12H8BrF2N3O2/c13-7-3-8(5-17-4-7)20-11-9(14)1-6(2-10(11)15)12(16)18-19/h1-5,19H,(H2,16,18). The molecule has 0 amide bonds. The number of rotatable bonds is 3. The Morgan fingerprint density at radius 1 is 1.25 bits per heavy atom. The summed E-state index contributed by atoms with van der Waals surface area (Å²) < 4.78 is 33.3. The largest absolute Gasteiger partial charge is 0.450 e. The summed E-state index contributed by atoms with van der Waals surface area (Å²) in [6.45, 7) is 0. The Labute approximate surface area is 120 Å². The molecule has 2 aromatic rings. The molecule has 20 heavy (non-hydrogen) atoms. The van der Waals surface area contributed by atoms with Crippen molar-refractivity contribution in [2.75, 3.05) is 0 Å². The summed E-state index contributed by atoms with van der Waals surface area (Å²) in [5.74, 6) is -2.80. The van der Waals surface area contributed by atoms with Crippen LogP contribution in [0.25, 0.3) is 0 Å². The zero-order valence-corrected chi connectivity index (χ0v) is 11.4. The molecule has 3 N–H and O–H groups in total. The predicted molar refractivity (Wildman–Crippen MR) is 70.9 cm³/mol. The lowest BCUT2D eigenvalue weighted by Gasteiger charge is -2.09. The van der Waals surface area contributed by atoms with Crippen LogP contribution in [-0.4, -0.2) is 16.0 Å². The minimum Gasteiger partial charge on any atom is -0.450 e. The summed E-state index contributed by atoms with van der Waals surface area (Å²) in [7, 11) is 0. The second kappa shape index (κ2) is 5.83. The van der Waals surface area contributed by atoms with Gasteiger partial charge in [0.05, 0.1) is 6.20 Å². The highest BCUT2D eigenvalue weighted by molar-refractivity contribution is 9.10. The Morgan fingerprint density at radius 3 is 2.45 bits per heavy atom. The van der Waals surface area contributed by atoms with Gasteiger partial charge < -0.3 is 15.7 Å². The third-order valence-electron chi connectivity index (χ3n) is 2.30. The fourth-order valence-corrected chi connectivity index (χ4v) is 1.77. The molecule has 0 radical (unpaired) electrons. The Bertz CT molecular complexity index is 656. The van der Waals surface area contributed by atoms with E-state index in [1.54, 1.807) is 0 Å². The molecule has 0 fully saturated rings. The maximum atomic E-state index is 13.8. The highest BCUT2D eigenvalue weighted by atomic mass is 79.9. The fraction of sp³-hybridized carbons (Fsp3) is 0. The van der Waals surface area contributed by atoms with Crippen LogP contribution < -0.4 is 10.5 Å². The van der Waals surface area contributed by atoms with Crippen LogP contribution in [0, 0.1) is 11.6 Å². The number of hydrogen-bond acceptors (Lipinski definition) is 4. The SMILES string of the molecule is N/C(=N/O)c1cc(F)c(Oc2cncc(Br)c2)c(F)c1. The molecule has 5 nitrogen and oxygen atoms in total. The van der Waals surface area contributed by atoms with Crippen LogP contribution in [0.4, 0.5) is 8.78 Å². The average Bonchev–Trinajstić information content (AvgIpc) is 2.42. The van der Waals surface area contributed by atoms with E-state index in [9.17, 15) is 8.78 Å². The lowest BCUT2D eigenvalue weighted by molar-refractivity contribution is 0.318. The van der Waals surface area contributed by atoms with E-state index in [-0.39, 0.29) is 11.3 Å². The van der Waals surface area contributed by atoms with Gasteiger partial charge in [0.15, 0.2) is 23.2 Å². The van der Waals surface area contributed by atoms with Crippen molar-refractivity contribution < 1.29 is 18.7 Å². The zero-order valence-electron chi connectivity index (χ0n) is 9.85. The summed E-state index contributed by atoms with van der Waals surface area (Å²) in [4.78, 5) is 3.81. The van der Waals surface area contributed by atoms with E-state index in [0.29, 0.717) is 4.47 Å². The number of benzene rings is 1. The van der Waals surface area contributed by atoms with Gasteiger partial charge in [0.2, 0.25) is 0 Å². The van der Waals surface area contributed by atoms with Gasteiger partial charge in [0.1, 0.15) is 5.75 Å². The van der Waals surface area contributed by atoms with Gasteiger partial charge in [-0.05, 0) is 34.1 Å². The van der Waals surface area contributed by atoms with Crippen molar-refractivity contribution in [1.29, 1.82) is 0 Å². The Hall–Kier alpha value is -2.22. The van der Waals surface area contributed by atoms with Crippen molar-refractivity contribution in [3.8, 4) is 11.5 Å². The number of amidine groups is 1. The number of ether oxygens (including phenoxy) is 1. The molecule has 1 heterocycles. The molecule has 0 spiro atoms. The molecular formula is C12H8BrF2N3O2. The number of hydrogen-bond donors (Lipinski definition) is 2. The van der Waals surface area contributed by atoms with Crippen molar-refractivity contribution in [1.82, 2.24) is 4.98 Å². The van der Waals surface area contributed by atoms with Gasteiger partial charge in [-0.3, -0.25) is 4.98 Å². The van der Waals surface area contributed by atoms with Crippen LogP contribution in [0.1, 0.15) is 5.56 Å². The van der Waals surface area contributed by atoms with Crippen molar-refractivity contribution in [3.63, 3.8) is 0 Å². The second-order valence-electron chi connectivity index (χ2n) is 3.70. The molecule has 8 heteroatoms. The van der Waals surface area contributed by atoms with E-state index in [2.05, 4.69) is 26.1 Å². The summed E-state index contributed by atoms with van der Waals surface area (Å²) in [5.41, 5.74) is 5.17. The first-order valence-corrected chi connectivity index (χ1v) is 6.06. The third-order valence-corrected chi connectivity index (χ3v) is 2.74. The molecule has 0 saturated carbocycles. The van der Waals surface area contributed by atoms with Gasteiger partial charge in [0, 0.05) is 16.2 Å². The monoisotopic (exact) mass is 343 g/mol. The van der Waals surface area contributed by atoms with Crippen LogP contribution in [0.2, 0.25) is 0 Å².